The van der Waals surface area contributed by atoms with Crippen molar-refractivity contribution in [3.8, 4) is 11.5 Å². The van der Waals surface area contributed by atoms with Gasteiger partial charge in [0.05, 0.1) is 19.4 Å². The summed E-state index contributed by atoms with van der Waals surface area (Å²) in [5, 5.41) is 2.71. The number of ether oxygens (including phenoxy) is 2. The summed E-state index contributed by atoms with van der Waals surface area (Å²) in [6, 6.07) is 9.13. The zero-order valence-electron chi connectivity index (χ0n) is 13.7. The van der Waals surface area contributed by atoms with E-state index in [0.29, 0.717) is 24.6 Å². The fourth-order valence-electron chi connectivity index (χ4n) is 2.88. The van der Waals surface area contributed by atoms with Gasteiger partial charge in [-0.15, -0.1) is 0 Å². The molecule has 0 bridgehead atoms. The zero-order chi connectivity index (χ0) is 17.1. The van der Waals surface area contributed by atoms with Gasteiger partial charge in [-0.2, -0.15) is 0 Å². The Bertz CT molecular complexity index is 766. The number of hydrogen-bond donors (Lipinski definition) is 1. The van der Waals surface area contributed by atoms with Gasteiger partial charge in [0, 0.05) is 25.7 Å². The van der Waals surface area contributed by atoms with Crippen molar-refractivity contribution in [2.24, 2.45) is 13.0 Å². The van der Waals surface area contributed by atoms with Crippen molar-refractivity contribution in [2.75, 3.05) is 20.3 Å². The number of aryl methyl sites for hydroxylation is 1. The van der Waals surface area contributed by atoms with E-state index in [-0.39, 0.29) is 5.92 Å². The highest BCUT2D eigenvalue weighted by atomic mass is 16.5. The van der Waals surface area contributed by atoms with Crippen molar-refractivity contribution in [3.63, 3.8) is 0 Å². The number of para-hydroxylation sites is 1. The lowest BCUT2D eigenvalue weighted by atomic mass is 9.96. The van der Waals surface area contributed by atoms with Gasteiger partial charge in [-0.1, -0.05) is 12.1 Å². The molecule has 1 N–H and O–H groups in total. The summed E-state index contributed by atoms with van der Waals surface area (Å²) >= 11 is 0. The van der Waals surface area contributed by atoms with Gasteiger partial charge >= 0.3 is 0 Å². The van der Waals surface area contributed by atoms with E-state index in [0.717, 1.165) is 17.7 Å². The van der Waals surface area contributed by atoms with Crippen LogP contribution in [0.5, 0.6) is 11.5 Å². The van der Waals surface area contributed by atoms with Crippen LogP contribution in [0.1, 0.15) is 16.1 Å². The van der Waals surface area contributed by atoms with E-state index in [2.05, 4.69) is 5.32 Å². The largest absolute Gasteiger partial charge is 0.493 e. The number of nitrogens with one attached hydrogen (secondary N) is 1. The molecule has 3 rings (SSSR count). The summed E-state index contributed by atoms with van der Waals surface area (Å²) in [5.74, 6) is 0.487. The Hall–Kier alpha value is -2.76. The molecule has 24 heavy (non-hydrogen) atoms. The molecule has 0 radical (unpaired) electrons. The SMILES string of the molecule is COc1cccc2c1OC[C@H](CNC(=O)C(=O)c1cccn1C)C2. The molecule has 0 unspecified atom stereocenters. The summed E-state index contributed by atoms with van der Waals surface area (Å²) in [6.07, 6.45) is 2.50. The van der Waals surface area contributed by atoms with E-state index in [1.165, 1.54) is 0 Å². The number of aromatic nitrogens is 1. The van der Waals surface area contributed by atoms with Crippen molar-refractivity contribution in [3.05, 3.63) is 47.8 Å². The van der Waals surface area contributed by atoms with Gasteiger partial charge in [0.25, 0.3) is 11.7 Å². The number of carbonyl (C=O) groups is 2. The maximum atomic E-state index is 12.1. The Morgan fingerprint density at radius 1 is 1.33 bits per heavy atom. The Labute approximate surface area is 140 Å². The van der Waals surface area contributed by atoms with E-state index < -0.39 is 11.7 Å². The molecule has 0 saturated carbocycles. The van der Waals surface area contributed by atoms with Crippen LogP contribution in [0.15, 0.2) is 36.5 Å². The van der Waals surface area contributed by atoms with Crippen LogP contribution in [-0.2, 0) is 18.3 Å². The molecule has 1 aromatic carbocycles. The van der Waals surface area contributed by atoms with Gasteiger partial charge < -0.3 is 19.4 Å². The van der Waals surface area contributed by atoms with Crippen LogP contribution < -0.4 is 14.8 Å². The van der Waals surface area contributed by atoms with Crippen LogP contribution in [0.2, 0.25) is 0 Å². The number of amides is 1. The molecule has 0 fully saturated rings. The Kier molecular flexibility index (Phi) is 4.55. The molecule has 1 aliphatic heterocycles. The topological polar surface area (TPSA) is 69.6 Å². The van der Waals surface area contributed by atoms with Gasteiger partial charge in [-0.05, 0) is 30.2 Å². The molecular formula is C18H20N2O4. The van der Waals surface area contributed by atoms with Crippen LogP contribution in [0, 0.1) is 5.92 Å². The van der Waals surface area contributed by atoms with E-state index in [1.54, 1.807) is 37.1 Å². The maximum absolute atomic E-state index is 12.1. The molecule has 0 spiro atoms. The lowest BCUT2D eigenvalue weighted by molar-refractivity contribution is -0.117. The molecule has 126 valence electrons. The number of fused-ring (bicyclic) bond motifs is 1. The number of hydrogen-bond acceptors (Lipinski definition) is 4. The standard InChI is InChI=1S/C18H20N2O4/c1-20-8-4-6-14(20)16(21)18(22)19-10-12-9-13-5-3-7-15(23-2)17(13)24-11-12/h3-8,12H,9-11H2,1-2H3,(H,19,22)/t12-/m0/s1. The average Bonchev–Trinajstić information content (AvgIpc) is 3.04. The van der Waals surface area contributed by atoms with Crippen LogP contribution >= 0.6 is 0 Å². The van der Waals surface area contributed by atoms with Crippen molar-refractivity contribution in [1.82, 2.24) is 9.88 Å². The van der Waals surface area contributed by atoms with E-state index in [1.807, 2.05) is 18.2 Å². The molecule has 1 atom stereocenters. The lowest BCUT2D eigenvalue weighted by Crippen LogP contribution is -2.38. The number of ketones is 1. The van der Waals surface area contributed by atoms with E-state index in [4.69, 9.17) is 9.47 Å². The van der Waals surface area contributed by atoms with Crippen LogP contribution in [0.4, 0.5) is 0 Å². The van der Waals surface area contributed by atoms with Crippen molar-refractivity contribution < 1.29 is 19.1 Å². The first-order valence-electron chi connectivity index (χ1n) is 7.82. The third-order valence-corrected chi connectivity index (χ3v) is 4.19. The van der Waals surface area contributed by atoms with Gasteiger partial charge in [0.15, 0.2) is 11.5 Å². The van der Waals surface area contributed by atoms with Gasteiger partial charge in [-0.25, -0.2) is 0 Å². The number of carbonyl (C=O) groups excluding carboxylic acids is 2. The highest BCUT2D eigenvalue weighted by Crippen LogP contribution is 2.35. The minimum absolute atomic E-state index is 0.120. The smallest absolute Gasteiger partial charge is 0.294 e. The predicted octanol–water partition coefficient (Wildman–Crippen LogP) is 1.58. The van der Waals surface area contributed by atoms with Crippen molar-refractivity contribution in [1.29, 1.82) is 0 Å². The second-order valence-electron chi connectivity index (χ2n) is 5.87. The molecule has 2 heterocycles. The normalized spacial score (nSPS) is 16.0. The third-order valence-electron chi connectivity index (χ3n) is 4.19. The Balaban J connectivity index is 1.59. The monoisotopic (exact) mass is 328 g/mol. The maximum Gasteiger partial charge on any atom is 0.294 e. The fourth-order valence-corrected chi connectivity index (χ4v) is 2.88. The third kappa shape index (κ3) is 3.13. The second-order valence-corrected chi connectivity index (χ2v) is 5.87. The molecule has 1 aliphatic rings. The van der Waals surface area contributed by atoms with Crippen LogP contribution in [0.3, 0.4) is 0 Å². The number of methoxy groups -OCH3 is 1. The predicted molar refractivity (Wildman–Crippen MR) is 88.4 cm³/mol. The first kappa shape index (κ1) is 16.1. The molecule has 0 aliphatic carbocycles. The van der Waals surface area contributed by atoms with Gasteiger partial charge in [-0.3, -0.25) is 9.59 Å². The number of benzene rings is 1. The van der Waals surface area contributed by atoms with Crippen molar-refractivity contribution in [2.45, 2.75) is 6.42 Å². The Morgan fingerprint density at radius 2 is 2.17 bits per heavy atom. The second kappa shape index (κ2) is 6.78. The summed E-state index contributed by atoms with van der Waals surface area (Å²) in [4.78, 5) is 24.1. The molecule has 2 aromatic rings. The molecule has 1 aromatic heterocycles. The minimum atomic E-state index is -0.590. The van der Waals surface area contributed by atoms with E-state index in [9.17, 15) is 9.59 Å². The summed E-state index contributed by atoms with van der Waals surface area (Å²) in [5.41, 5.74) is 1.43. The van der Waals surface area contributed by atoms with Gasteiger partial charge in [0.2, 0.25) is 0 Å². The summed E-state index contributed by atoms with van der Waals surface area (Å²) in [7, 11) is 3.35. The fraction of sp³-hybridized carbons (Fsp3) is 0.333. The highest BCUT2D eigenvalue weighted by molar-refractivity contribution is 6.42. The zero-order valence-corrected chi connectivity index (χ0v) is 13.7. The molecule has 6 nitrogen and oxygen atoms in total. The van der Waals surface area contributed by atoms with Crippen LogP contribution in [0.25, 0.3) is 0 Å². The first-order chi connectivity index (χ1) is 11.6. The molecular weight excluding hydrogens is 308 g/mol. The lowest BCUT2D eigenvalue weighted by Gasteiger charge is -2.26. The van der Waals surface area contributed by atoms with Crippen LogP contribution in [-0.4, -0.2) is 36.5 Å². The average molecular weight is 328 g/mol. The summed E-state index contributed by atoms with van der Waals surface area (Å²) in [6.45, 7) is 0.873. The van der Waals surface area contributed by atoms with Gasteiger partial charge in [0.1, 0.15) is 0 Å². The van der Waals surface area contributed by atoms with E-state index >= 15 is 0 Å². The minimum Gasteiger partial charge on any atom is -0.493 e. The number of rotatable bonds is 5. The first-order valence-corrected chi connectivity index (χ1v) is 7.82. The van der Waals surface area contributed by atoms with Crippen molar-refractivity contribution >= 4 is 11.7 Å². The highest BCUT2D eigenvalue weighted by Gasteiger charge is 2.25. The molecule has 6 heteroatoms. The summed E-state index contributed by atoms with van der Waals surface area (Å²) < 4.78 is 12.7. The molecule has 0 saturated heterocycles. The molecule has 1 amide bonds. The quantitative estimate of drug-likeness (QED) is 0.668. The number of Topliss-reactive ketones (excluding diaryl/α,β-unsaturated/α-hetero) is 1. The Morgan fingerprint density at radius 3 is 2.88 bits per heavy atom. The number of nitrogens with zero attached hydrogens (tertiary/aromatic N) is 1.